The number of thiazole rings is 1. The molecule has 0 atom stereocenters. The van der Waals surface area contributed by atoms with Gasteiger partial charge in [-0.2, -0.15) is 0 Å². The summed E-state index contributed by atoms with van der Waals surface area (Å²) in [4.78, 5) is 27.7. The Morgan fingerprint density at radius 3 is 2.52 bits per heavy atom. The lowest BCUT2D eigenvalue weighted by Crippen LogP contribution is -2.43. The molecule has 132 valence electrons. The molecule has 1 aliphatic rings. The van der Waals surface area contributed by atoms with Crippen LogP contribution in [0.4, 0.5) is 4.39 Å². The summed E-state index contributed by atoms with van der Waals surface area (Å²) in [5, 5.41) is 14.0. The predicted molar refractivity (Wildman–Crippen MR) is 92.3 cm³/mol. The van der Waals surface area contributed by atoms with E-state index in [9.17, 15) is 14.0 Å². The smallest absolute Gasteiger partial charge is 0.355 e. The highest BCUT2D eigenvalue weighted by Gasteiger charge is 2.42. The Bertz CT molecular complexity index is 767. The van der Waals surface area contributed by atoms with Gasteiger partial charge in [-0.05, 0) is 30.5 Å². The fourth-order valence-corrected chi connectivity index (χ4v) is 4.14. The molecule has 0 spiro atoms. The molecule has 1 aromatic carbocycles. The number of carboxylic acid groups (broad SMARTS) is 1. The first kappa shape index (κ1) is 17.5. The number of halogens is 1. The summed E-state index contributed by atoms with van der Waals surface area (Å²) in [5.74, 6) is -1.41. The number of hydrogen-bond acceptors (Lipinski definition) is 4. The van der Waals surface area contributed by atoms with E-state index in [1.807, 2.05) is 0 Å². The summed E-state index contributed by atoms with van der Waals surface area (Å²) in [6.45, 7) is 0.397. The van der Waals surface area contributed by atoms with E-state index < -0.39 is 11.4 Å². The molecule has 1 saturated carbocycles. The molecular formula is C18H19FN2O3S. The third kappa shape index (κ3) is 3.71. The molecule has 0 bridgehead atoms. The number of hydrogen-bond donors (Lipinski definition) is 2. The van der Waals surface area contributed by atoms with Crippen LogP contribution < -0.4 is 5.32 Å². The highest BCUT2D eigenvalue weighted by atomic mass is 32.1. The Morgan fingerprint density at radius 1 is 1.24 bits per heavy atom. The number of nitrogens with zero attached hydrogens (tertiary/aromatic N) is 1. The van der Waals surface area contributed by atoms with Crippen molar-refractivity contribution in [2.45, 2.75) is 37.5 Å². The minimum Gasteiger partial charge on any atom is -0.476 e. The number of nitrogens with one attached hydrogen (secondary N) is 1. The molecular weight excluding hydrogens is 343 g/mol. The van der Waals surface area contributed by atoms with Crippen LogP contribution in [0.3, 0.4) is 0 Å². The number of aromatic nitrogens is 1. The molecule has 0 aliphatic heterocycles. The number of aromatic carboxylic acids is 1. The molecule has 25 heavy (non-hydrogen) atoms. The van der Waals surface area contributed by atoms with Crippen LogP contribution in [0.5, 0.6) is 0 Å². The monoisotopic (exact) mass is 362 g/mol. The fraction of sp³-hybridized carbons (Fsp3) is 0.389. The number of amides is 1. The first-order valence-corrected chi connectivity index (χ1v) is 9.11. The van der Waals surface area contributed by atoms with Crippen molar-refractivity contribution in [3.63, 3.8) is 0 Å². The van der Waals surface area contributed by atoms with Crippen molar-refractivity contribution in [3.8, 4) is 0 Å². The molecule has 0 unspecified atom stereocenters. The molecule has 2 aromatic rings. The van der Waals surface area contributed by atoms with E-state index >= 15 is 0 Å². The molecule has 1 amide bonds. The minimum absolute atomic E-state index is 0.0323. The molecule has 2 N–H and O–H groups in total. The molecule has 1 fully saturated rings. The van der Waals surface area contributed by atoms with Crippen molar-refractivity contribution in [1.29, 1.82) is 0 Å². The average molecular weight is 362 g/mol. The highest BCUT2D eigenvalue weighted by molar-refractivity contribution is 7.09. The van der Waals surface area contributed by atoms with Crippen molar-refractivity contribution >= 4 is 23.2 Å². The van der Waals surface area contributed by atoms with Gasteiger partial charge in [0.2, 0.25) is 5.91 Å². The maximum Gasteiger partial charge on any atom is 0.355 e. The Morgan fingerprint density at radius 2 is 1.92 bits per heavy atom. The summed E-state index contributed by atoms with van der Waals surface area (Å²) in [5.41, 5.74) is 0.291. The van der Waals surface area contributed by atoms with E-state index in [1.54, 1.807) is 12.1 Å². The van der Waals surface area contributed by atoms with Crippen LogP contribution in [-0.2, 0) is 16.6 Å². The first-order valence-electron chi connectivity index (χ1n) is 8.23. The lowest BCUT2D eigenvalue weighted by atomic mass is 9.78. The predicted octanol–water partition coefficient (Wildman–Crippen LogP) is 3.15. The van der Waals surface area contributed by atoms with Gasteiger partial charge in [0.15, 0.2) is 5.69 Å². The van der Waals surface area contributed by atoms with Gasteiger partial charge in [0.1, 0.15) is 5.82 Å². The van der Waals surface area contributed by atoms with E-state index in [0.717, 1.165) is 31.2 Å². The zero-order chi connectivity index (χ0) is 17.9. The molecule has 0 saturated heterocycles. The zero-order valence-corrected chi connectivity index (χ0v) is 14.4. The molecule has 0 radical (unpaired) electrons. The van der Waals surface area contributed by atoms with E-state index in [0.29, 0.717) is 18.0 Å². The maximum absolute atomic E-state index is 13.2. The van der Waals surface area contributed by atoms with Crippen molar-refractivity contribution in [3.05, 3.63) is 51.7 Å². The van der Waals surface area contributed by atoms with Gasteiger partial charge in [-0.25, -0.2) is 14.2 Å². The van der Waals surface area contributed by atoms with E-state index in [2.05, 4.69) is 10.3 Å². The normalized spacial score (nSPS) is 15.9. The number of carbonyl (C=O) groups excluding carboxylic acids is 1. The third-order valence-corrected chi connectivity index (χ3v) is 5.59. The molecule has 1 aliphatic carbocycles. The second kappa shape index (κ2) is 7.31. The van der Waals surface area contributed by atoms with Crippen LogP contribution in [-0.4, -0.2) is 28.5 Å². The Kier molecular flexibility index (Phi) is 5.13. The van der Waals surface area contributed by atoms with Crippen molar-refractivity contribution in [2.75, 3.05) is 6.54 Å². The van der Waals surface area contributed by atoms with Gasteiger partial charge in [0.05, 0.1) is 10.4 Å². The van der Waals surface area contributed by atoms with Gasteiger partial charge < -0.3 is 10.4 Å². The topological polar surface area (TPSA) is 79.3 Å². The first-order chi connectivity index (χ1) is 12.0. The summed E-state index contributed by atoms with van der Waals surface area (Å²) in [6, 6.07) is 6.18. The van der Waals surface area contributed by atoms with Gasteiger partial charge in [-0.15, -0.1) is 11.3 Å². The second-order valence-corrected chi connectivity index (χ2v) is 7.18. The minimum atomic E-state index is -1.05. The van der Waals surface area contributed by atoms with E-state index in [4.69, 9.17) is 5.11 Å². The molecule has 1 heterocycles. The number of benzene rings is 1. The van der Waals surface area contributed by atoms with Gasteiger partial charge in [-0.3, -0.25) is 4.79 Å². The maximum atomic E-state index is 13.2. The summed E-state index contributed by atoms with van der Waals surface area (Å²) in [6.07, 6.45) is 3.94. The van der Waals surface area contributed by atoms with Crippen LogP contribution in [0.25, 0.3) is 0 Å². The lowest BCUT2D eigenvalue weighted by Gasteiger charge is -2.28. The van der Waals surface area contributed by atoms with Gasteiger partial charge in [-0.1, -0.05) is 25.0 Å². The number of carboxylic acids is 1. The second-order valence-electron chi connectivity index (χ2n) is 6.23. The summed E-state index contributed by atoms with van der Waals surface area (Å²) < 4.78 is 13.2. The van der Waals surface area contributed by atoms with Crippen LogP contribution >= 0.6 is 11.3 Å². The molecule has 5 nitrogen and oxygen atoms in total. The quantitative estimate of drug-likeness (QED) is 0.827. The average Bonchev–Trinajstić information content (AvgIpc) is 3.25. The lowest BCUT2D eigenvalue weighted by molar-refractivity contribution is -0.126. The Balaban J connectivity index is 1.65. The van der Waals surface area contributed by atoms with Crippen LogP contribution in [0.2, 0.25) is 0 Å². The number of rotatable bonds is 6. The van der Waals surface area contributed by atoms with Crippen LogP contribution in [0, 0.1) is 5.82 Å². The summed E-state index contributed by atoms with van der Waals surface area (Å²) >= 11 is 1.27. The largest absolute Gasteiger partial charge is 0.476 e. The van der Waals surface area contributed by atoms with Gasteiger partial charge in [0.25, 0.3) is 0 Å². The summed E-state index contributed by atoms with van der Waals surface area (Å²) in [7, 11) is 0. The van der Waals surface area contributed by atoms with Crippen LogP contribution in [0.1, 0.15) is 46.7 Å². The van der Waals surface area contributed by atoms with Gasteiger partial charge >= 0.3 is 5.97 Å². The third-order valence-electron chi connectivity index (χ3n) is 4.68. The van der Waals surface area contributed by atoms with Crippen molar-refractivity contribution in [1.82, 2.24) is 10.3 Å². The molecule has 1 aromatic heterocycles. The highest BCUT2D eigenvalue weighted by Crippen LogP contribution is 2.41. The fourth-order valence-electron chi connectivity index (χ4n) is 3.37. The molecule has 3 rings (SSSR count). The van der Waals surface area contributed by atoms with E-state index in [-0.39, 0.29) is 17.4 Å². The zero-order valence-electron chi connectivity index (χ0n) is 13.6. The Labute approximate surface area is 148 Å². The number of carbonyl (C=O) groups is 2. The van der Waals surface area contributed by atoms with Gasteiger partial charge in [0, 0.05) is 18.3 Å². The molecule has 7 heteroatoms. The van der Waals surface area contributed by atoms with E-state index in [1.165, 1.54) is 28.8 Å². The van der Waals surface area contributed by atoms with Crippen molar-refractivity contribution in [2.24, 2.45) is 0 Å². The standard InChI is InChI=1S/C18H19FN2O3S/c19-13-5-3-12(4-6-13)18(8-1-2-9-18)17(24)20-10-7-15-21-14(11-25-15)16(22)23/h3-6,11H,1-2,7-10H2,(H,20,24)(H,22,23). The van der Waals surface area contributed by atoms with Crippen LogP contribution in [0.15, 0.2) is 29.6 Å². The SMILES string of the molecule is O=C(O)c1csc(CCNC(=O)C2(c3ccc(F)cc3)CCCC2)n1. The van der Waals surface area contributed by atoms with Crippen molar-refractivity contribution < 1.29 is 19.1 Å². The Hall–Kier alpha value is -2.28.